The summed E-state index contributed by atoms with van der Waals surface area (Å²) in [5, 5.41) is 6.34. The van der Waals surface area contributed by atoms with Crippen molar-refractivity contribution in [2.24, 2.45) is 0 Å². The molecule has 0 heterocycles. The highest BCUT2D eigenvalue weighted by Gasteiger charge is 2.22. The topological polar surface area (TPSA) is 41.1 Å². The first-order chi connectivity index (χ1) is 10.1. The molecule has 4 heteroatoms. The Morgan fingerprint density at radius 1 is 1.14 bits per heavy atom. The molecule has 108 valence electrons. The van der Waals surface area contributed by atoms with Gasteiger partial charge in [0.25, 0.3) is 0 Å². The van der Waals surface area contributed by atoms with Gasteiger partial charge >= 0.3 is 0 Å². The summed E-state index contributed by atoms with van der Waals surface area (Å²) in [6.45, 7) is 1.51. The normalized spacial score (nSPS) is 16.4. The zero-order valence-electron chi connectivity index (χ0n) is 11.8. The molecule has 2 N–H and O–H groups in total. The third-order valence-corrected chi connectivity index (χ3v) is 4.22. The fourth-order valence-electron chi connectivity index (χ4n) is 2.79. The molecule has 0 saturated carbocycles. The highest BCUT2D eigenvalue weighted by atomic mass is 79.9. The lowest BCUT2D eigenvalue weighted by Crippen LogP contribution is -2.08. The van der Waals surface area contributed by atoms with Crippen molar-refractivity contribution in [2.45, 2.75) is 25.8 Å². The first-order valence-corrected chi connectivity index (χ1v) is 7.83. The standard InChI is InChI=1S/C17H17BrN2O/c1-11(21)19-14-4-6-15(7-5-14)20-17-9-2-12-10-13(18)3-8-16(12)17/h3-8,10,17,20H,2,9H2,1H3,(H,19,21). The van der Waals surface area contributed by atoms with Gasteiger partial charge < -0.3 is 10.6 Å². The molecule has 2 aromatic rings. The van der Waals surface area contributed by atoms with Crippen molar-refractivity contribution in [2.75, 3.05) is 10.6 Å². The minimum Gasteiger partial charge on any atom is -0.378 e. The van der Waals surface area contributed by atoms with Crippen LogP contribution >= 0.6 is 15.9 Å². The molecule has 0 aromatic heterocycles. The van der Waals surface area contributed by atoms with Gasteiger partial charge in [-0.2, -0.15) is 0 Å². The Hall–Kier alpha value is -1.81. The fourth-order valence-corrected chi connectivity index (χ4v) is 3.20. The van der Waals surface area contributed by atoms with E-state index in [9.17, 15) is 4.79 Å². The van der Waals surface area contributed by atoms with Crippen LogP contribution in [0.3, 0.4) is 0 Å². The molecule has 1 unspecified atom stereocenters. The number of carbonyl (C=O) groups excluding carboxylic acids is 1. The summed E-state index contributed by atoms with van der Waals surface area (Å²) in [7, 11) is 0. The number of carbonyl (C=O) groups is 1. The van der Waals surface area contributed by atoms with E-state index >= 15 is 0 Å². The number of anilines is 2. The smallest absolute Gasteiger partial charge is 0.221 e. The Morgan fingerprint density at radius 2 is 1.86 bits per heavy atom. The van der Waals surface area contributed by atoms with Crippen molar-refractivity contribution in [1.82, 2.24) is 0 Å². The summed E-state index contributed by atoms with van der Waals surface area (Å²) >= 11 is 3.52. The van der Waals surface area contributed by atoms with Crippen LogP contribution < -0.4 is 10.6 Å². The summed E-state index contributed by atoms with van der Waals surface area (Å²) in [6, 6.07) is 14.7. The Kier molecular flexibility index (Phi) is 3.97. The Labute approximate surface area is 132 Å². The highest BCUT2D eigenvalue weighted by molar-refractivity contribution is 9.10. The van der Waals surface area contributed by atoms with Crippen LogP contribution in [0.4, 0.5) is 11.4 Å². The van der Waals surface area contributed by atoms with E-state index in [0.29, 0.717) is 6.04 Å². The van der Waals surface area contributed by atoms with Crippen molar-refractivity contribution < 1.29 is 4.79 Å². The van der Waals surface area contributed by atoms with E-state index in [0.717, 1.165) is 28.7 Å². The molecule has 1 atom stereocenters. The molecular weight excluding hydrogens is 328 g/mol. The number of hydrogen-bond donors (Lipinski definition) is 2. The van der Waals surface area contributed by atoms with E-state index in [1.807, 2.05) is 24.3 Å². The predicted octanol–water partition coefficient (Wildman–Crippen LogP) is 4.51. The minimum atomic E-state index is -0.0500. The van der Waals surface area contributed by atoms with Crippen LogP contribution in [-0.2, 0) is 11.2 Å². The molecule has 0 radical (unpaired) electrons. The van der Waals surface area contributed by atoms with Crippen LogP contribution in [0.1, 0.15) is 30.5 Å². The zero-order valence-corrected chi connectivity index (χ0v) is 13.4. The van der Waals surface area contributed by atoms with Gasteiger partial charge in [-0.05, 0) is 60.4 Å². The van der Waals surface area contributed by atoms with Crippen molar-refractivity contribution in [1.29, 1.82) is 0 Å². The first kappa shape index (κ1) is 14.1. The number of amides is 1. The monoisotopic (exact) mass is 344 g/mol. The molecule has 3 nitrogen and oxygen atoms in total. The van der Waals surface area contributed by atoms with E-state index in [-0.39, 0.29) is 5.91 Å². The molecule has 1 aliphatic rings. The van der Waals surface area contributed by atoms with E-state index in [1.54, 1.807) is 0 Å². The van der Waals surface area contributed by atoms with Crippen LogP contribution in [0, 0.1) is 0 Å². The molecule has 1 amide bonds. The molecule has 2 aromatic carbocycles. The third kappa shape index (κ3) is 3.27. The second-order valence-corrected chi connectivity index (χ2v) is 6.25. The molecule has 0 bridgehead atoms. The van der Waals surface area contributed by atoms with Crippen molar-refractivity contribution in [3.8, 4) is 0 Å². The summed E-state index contributed by atoms with van der Waals surface area (Å²) in [5.74, 6) is -0.0500. The highest BCUT2D eigenvalue weighted by Crippen LogP contribution is 2.35. The average molecular weight is 345 g/mol. The average Bonchev–Trinajstić information content (AvgIpc) is 2.83. The second-order valence-electron chi connectivity index (χ2n) is 5.34. The van der Waals surface area contributed by atoms with Gasteiger partial charge in [0.2, 0.25) is 5.91 Å². The van der Waals surface area contributed by atoms with Gasteiger partial charge in [-0.1, -0.05) is 22.0 Å². The third-order valence-electron chi connectivity index (χ3n) is 3.73. The second kappa shape index (κ2) is 5.90. The zero-order chi connectivity index (χ0) is 14.8. The first-order valence-electron chi connectivity index (χ1n) is 7.04. The van der Waals surface area contributed by atoms with Crippen LogP contribution in [-0.4, -0.2) is 5.91 Å². The van der Waals surface area contributed by atoms with Crippen molar-refractivity contribution in [3.63, 3.8) is 0 Å². The molecule has 3 rings (SSSR count). The van der Waals surface area contributed by atoms with Gasteiger partial charge in [0.1, 0.15) is 0 Å². The van der Waals surface area contributed by atoms with Crippen LogP contribution in [0.25, 0.3) is 0 Å². The van der Waals surface area contributed by atoms with Gasteiger partial charge in [-0.15, -0.1) is 0 Å². The number of aryl methyl sites for hydroxylation is 1. The molecule has 0 spiro atoms. The predicted molar refractivity (Wildman–Crippen MR) is 89.6 cm³/mol. The van der Waals surface area contributed by atoms with Crippen molar-refractivity contribution >= 4 is 33.2 Å². The minimum absolute atomic E-state index is 0.0500. The van der Waals surface area contributed by atoms with E-state index in [4.69, 9.17) is 0 Å². The Morgan fingerprint density at radius 3 is 2.57 bits per heavy atom. The fraction of sp³-hybridized carbons (Fsp3) is 0.235. The summed E-state index contributed by atoms with van der Waals surface area (Å²) < 4.78 is 1.14. The number of benzene rings is 2. The summed E-state index contributed by atoms with van der Waals surface area (Å²) in [5.41, 5.74) is 4.69. The number of hydrogen-bond acceptors (Lipinski definition) is 2. The van der Waals surface area contributed by atoms with Crippen molar-refractivity contribution in [3.05, 3.63) is 58.1 Å². The maximum absolute atomic E-state index is 11.0. The molecule has 1 aliphatic carbocycles. The Bertz CT molecular complexity index is 667. The Balaban J connectivity index is 1.72. The molecule has 0 fully saturated rings. The van der Waals surface area contributed by atoms with Crippen LogP contribution in [0.2, 0.25) is 0 Å². The number of nitrogens with one attached hydrogen (secondary N) is 2. The van der Waals surface area contributed by atoms with Gasteiger partial charge in [0.15, 0.2) is 0 Å². The van der Waals surface area contributed by atoms with Gasteiger partial charge in [-0.3, -0.25) is 4.79 Å². The van der Waals surface area contributed by atoms with Gasteiger partial charge in [0.05, 0.1) is 6.04 Å². The van der Waals surface area contributed by atoms with E-state index in [2.05, 4.69) is 44.8 Å². The number of halogens is 1. The van der Waals surface area contributed by atoms with E-state index < -0.39 is 0 Å². The largest absolute Gasteiger partial charge is 0.378 e. The molecule has 0 aliphatic heterocycles. The lowest BCUT2D eigenvalue weighted by molar-refractivity contribution is -0.114. The van der Waals surface area contributed by atoms with Crippen LogP contribution in [0.5, 0.6) is 0 Å². The number of rotatable bonds is 3. The maximum Gasteiger partial charge on any atom is 0.221 e. The quantitative estimate of drug-likeness (QED) is 0.860. The summed E-state index contributed by atoms with van der Waals surface area (Å²) in [4.78, 5) is 11.0. The number of fused-ring (bicyclic) bond motifs is 1. The SMILES string of the molecule is CC(=O)Nc1ccc(NC2CCc3cc(Br)ccc32)cc1. The molecular formula is C17H17BrN2O. The van der Waals surface area contributed by atoms with Crippen LogP contribution in [0.15, 0.2) is 46.9 Å². The maximum atomic E-state index is 11.0. The van der Waals surface area contributed by atoms with E-state index in [1.165, 1.54) is 18.1 Å². The lowest BCUT2D eigenvalue weighted by atomic mass is 10.1. The van der Waals surface area contributed by atoms with Gasteiger partial charge in [0, 0.05) is 22.8 Å². The molecule has 0 saturated heterocycles. The molecule has 21 heavy (non-hydrogen) atoms. The summed E-state index contributed by atoms with van der Waals surface area (Å²) in [6.07, 6.45) is 2.22. The van der Waals surface area contributed by atoms with Gasteiger partial charge in [-0.25, -0.2) is 0 Å². The lowest BCUT2D eigenvalue weighted by Gasteiger charge is -2.16.